The number of anilines is 1. The zero-order chi connectivity index (χ0) is 13.2. The third-order valence-electron chi connectivity index (χ3n) is 3.20. The quantitative estimate of drug-likeness (QED) is 0.366. The van der Waals surface area contributed by atoms with Crippen molar-refractivity contribution in [2.75, 3.05) is 11.5 Å². The third-order valence-corrected chi connectivity index (χ3v) is 4.47. The molecule has 2 N–H and O–H groups in total. The van der Waals surface area contributed by atoms with Crippen molar-refractivity contribution in [3.63, 3.8) is 0 Å². The average Bonchev–Trinajstić information content (AvgIpc) is 2.35. The van der Waals surface area contributed by atoms with Crippen LogP contribution in [0, 0.1) is 6.92 Å². The van der Waals surface area contributed by atoms with Gasteiger partial charge in [0.1, 0.15) is 0 Å². The molecule has 102 valence electrons. The predicted octanol–water partition coefficient (Wildman–Crippen LogP) is 5.42. The van der Waals surface area contributed by atoms with Gasteiger partial charge < -0.3 is 5.73 Å². The number of aryl methyl sites for hydroxylation is 1. The van der Waals surface area contributed by atoms with Gasteiger partial charge in [0.2, 0.25) is 0 Å². The minimum absolute atomic E-state index is 0.868. The second-order valence-electron chi connectivity index (χ2n) is 4.99. The van der Waals surface area contributed by atoms with E-state index in [1.165, 1.54) is 61.2 Å². The van der Waals surface area contributed by atoms with E-state index in [1.807, 2.05) is 17.8 Å². The molecule has 0 unspecified atom stereocenters. The standard InChI is InChI=1S/C16H27NS/c1-3-4-5-6-7-8-9-12-18-16-11-10-15(17)13-14(16)2/h10-11,13H,3-9,12,17H2,1-2H3. The molecular formula is C16H27NS. The van der Waals surface area contributed by atoms with E-state index in [9.17, 15) is 0 Å². The number of thioether (sulfide) groups is 1. The molecule has 0 saturated carbocycles. The van der Waals surface area contributed by atoms with Gasteiger partial charge in [-0.15, -0.1) is 11.8 Å². The van der Waals surface area contributed by atoms with Crippen LogP contribution in [0.4, 0.5) is 5.69 Å². The van der Waals surface area contributed by atoms with Crippen molar-refractivity contribution in [3.05, 3.63) is 23.8 Å². The second-order valence-corrected chi connectivity index (χ2v) is 6.13. The molecule has 0 spiro atoms. The van der Waals surface area contributed by atoms with E-state index in [4.69, 9.17) is 5.73 Å². The summed E-state index contributed by atoms with van der Waals surface area (Å²) < 4.78 is 0. The highest BCUT2D eigenvalue weighted by Crippen LogP contribution is 2.25. The summed E-state index contributed by atoms with van der Waals surface area (Å²) >= 11 is 1.97. The normalized spacial score (nSPS) is 10.8. The molecule has 0 bridgehead atoms. The molecule has 2 heteroatoms. The van der Waals surface area contributed by atoms with Crippen molar-refractivity contribution in [1.82, 2.24) is 0 Å². The maximum absolute atomic E-state index is 5.75. The molecule has 0 atom stereocenters. The number of unbranched alkanes of at least 4 members (excludes halogenated alkanes) is 6. The van der Waals surface area contributed by atoms with Crippen molar-refractivity contribution in [1.29, 1.82) is 0 Å². The summed E-state index contributed by atoms with van der Waals surface area (Å²) in [6, 6.07) is 6.21. The monoisotopic (exact) mass is 265 g/mol. The number of hydrogen-bond donors (Lipinski definition) is 1. The lowest BCUT2D eigenvalue weighted by atomic mass is 10.1. The van der Waals surface area contributed by atoms with E-state index in [0.717, 1.165) is 5.69 Å². The summed E-state index contributed by atoms with van der Waals surface area (Å²) in [4.78, 5) is 1.38. The van der Waals surface area contributed by atoms with Gasteiger partial charge in [0.15, 0.2) is 0 Å². The highest BCUT2D eigenvalue weighted by atomic mass is 32.2. The lowest BCUT2D eigenvalue weighted by molar-refractivity contribution is 0.603. The van der Waals surface area contributed by atoms with Crippen LogP contribution in [0.3, 0.4) is 0 Å². The molecule has 1 aromatic rings. The Morgan fingerprint density at radius 1 is 1.00 bits per heavy atom. The van der Waals surface area contributed by atoms with Gasteiger partial charge in [0, 0.05) is 10.6 Å². The molecule has 0 amide bonds. The van der Waals surface area contributed by atoms with E-state index in [2.05, 4.69) is 26.0 Å². The highest BCUT2D eigenvalue weighted by molar-refractivity contribution is 7.99. The number of nitrogen functional groups attached to an aromatic ring is 1. The fourth-order valence-corrected chi connectivity index (χ4v) is 3.10. The lowest BCUT2D eigenvalue weighted by Gasteiger charge is -2.06. The maximum Gasteiger partial charge on any atom is 0.0317 e. The van der Waals surface area contributed by atoms with Crippen LogP contribution in [0.25, 0.3) is 0 Å². The Balaban J connectivity index is 2.07. The Kier molecular flexibility index (Phi) is 7.99. The SMILES string of the molecule is CCCCCCCCCSc1ccc(N)cc1C. The van der Waals surface area contributed by atoms with Gasteiger partial charge >= 0.3 is 0 Å². The van der Waals surface area contributed by atoms with Crippen molar-refractivity contribution < 1.29 is 0 Å². The first-order valence-electron chi connectivity index (χ1n) is 7.23. The van der Waals surface area contributed by atoms with Crippen LogP contribution in [0.2, 0.25) is 0 Å². The summed E-state index contributed by atoms with van der Waals surface area (Å²) in [7, 11) is 0. The van der Waals surface area contributed by atoms with Crippen LogP contribution in [-0.2, 0) is 0 Å². The molecule has 1 nitrogen and oxygen atoms in total. The van der Waals surface area contributed by atoms with E-state index in [-0.39, 0.29) is 0 Å². The van der Waals surface area contributed by atoms with E-state index >= 15 is 0 Å². The van der Waals surface area contributed by atoms with Gasteiger partial charge in [-0.25, -0.2) is 0 Å². The number of rotatable bonds is 9. The molecule has 0 aromatic heterocycles. The van der Waals surface area contributed by atoms with Crippen LogP contribution in [0.15, 0.2) is 23.1 Å². The van der Waals surface area contributed by atoms with Gasteiger partial charge in [-0.05, 0) is 42.9 Å². The highest BCUT2D eigenvalue weighted by Gasteiger charge is 1.99. The minimum Gasteiger partial charge on any atom is -0.399 e. The number of nitrogens with two attached hydrogens (primary N) is 1. The summed E-state index contributed by atoms with van der Waals surface area (Å²) in [6.45, 7) is 4.41. The van der Waals surface area contributed by atoms with E-state index in [0.29, 0.717) is 0 Å². The van der Waals surface area contributed by atoms with Crippen LogP contribution in [0.1, 0.15) is 57.4 Å². The molecule has 0 fully saturated rings. The number of hydrogen-bond acceptors (Lipinski definition) is 2. The van der Waals surface area contributed by atoms with Gasteiger partial charge in [-0.2, -0.15) is 0 Å². The van der Waals surface area contributed by atoms with Crippen LogP contribution in [0.5, 0.6) is 0 Å². The molecule has 0 radical (unpaired) electrons. The molecule has 0 aliphatic carbocycles. The van der Waals surface area contributed by atoms with Crippen LogP contribution in [-0.4, -0.2) is 5.75 Å². The molecule has 0 aliphatic heterocycles. The minimum atomic E-state index is 0.868. The van der Waals surface area contributed by atoms with Gasteiger partial charge in [-0.1, -0.05) is 45.4 Å². The summed E-state index contributed by atoms with van der Waals surface area (Å²) in [5.74, 6) is 1.23. The Labute approximate surface area is 117 Å². The smallest absolute Gasteiger partial charge is 0.0317 e. The molecule has 0 heterocycles. The van der Waals surface area contributed by atoms with Gasteiger partial charge in [-0.3, -0.25) is 0 Å². The van der Waals surface area contributed by atoms with E-state index in [1.54, 1.807) is 0 Å². The fraction of sp³-hybridized carbons (Fsp3) is 0.625. The van der Waals surface area contributed by atoms with E-state index < -0.39 is 0 Å². The van der Waals surface area contributed by atoms with Crippen LogP contribution >= 0.6 is 11.8 Å². The van der Waals surface area contributed by atoms with Crippen molar-refractivity contribution >= 4 is 17.4 Å². The molecule has 1 aromatic carbocycles. The third kappa shape index (κ3) is 6.34. The summed E-state index contributed by atoms with van der Waals surface area (Å²) in [5, 5.41) is 0. The van der Waals surface area contributed by atoms with Crippen molar-refractivity contribution in [2.45, 2.75) is 63.7 Å². The Morgan fingerprint density at radius 3 is 2.33 bits per heavy atom. The first-order valence-corrected chi connectivity index (χ1v) is 8.21. The van der Waals surface area contributed by atoms with Gasteiger partial charge in [0.25, 0.3) is 0 Å². The number of benzene rings is 1. The average molecular weight is 265 g/mol. The fourth-order valence-electron chi connectivity index (χ4n) is 2.08. The molecular weight excluding hydrogens is 238 g/mol. The lowest BCUT2D eigenvalue weighted by Crippen LogP contribution is -1.88. The Hall–Kier alpha value is -0.630. The second kappa shape index (κ2) is 9.32. The first-order chi connectivity index (χ1) is 8.74. The Bertz CT molecular complexity index is 336. The predicted molar refractivity (Wildman–Crippen MR) is 84.3 cm³/mol. The van der Waals surface area contributed by atoms with Crippen molar-refractivity contribution in [3.8, 4) is 0 Å². The zero-order valence-electron chi connectivity index (χ0n) is 11.9. The largest absolute Gasteiger partial charge is 0.399 e. The zero-order valence-corrected chi connectivity index (χ0v) is 12.7. The molecule has 0 aliphatic rings. The topological polar surface area (TPSA) is 26.0 Å². The van der Waals surface area contributed by atoms with Crippen molar-refractivity contribution in [2.24, 2.45) is 0 Å². The van der Waals surface area contributed by atoms with Crippen LogP contribution < -0.4 is 5.73 Å². The summed E-state index contributed by atoms with van der Waals surface area (Å²) in [6.07, 6.45) is 9.69. The maximum atomic E-state index is 5.75. The first kappa shape index (κ1) is 15.4. The molecule has 0 saturated heterocycles. The Morgan fingerprint density at radius 2 is 1.67 bits per heavy atom. The summed E-state index contributed by atoms with van der Waals surface area (Å²) in [5.41, 5.74) is 7.93. The van der Waals surface area contributed by atoms with Gasteiger partial charge in [0.05, 0.1) is 0 Å². The molecule has 18 heavy (non-hydrogen) atoms. The molecule has 1 rings (SSSR count).